The highest BCUT2D eigenvalue weighted by atomic mass is 32.1. The van der Waals surface area contributed by atoms with E-state index in [1.165, 1.54) is 11.3 Å². The summed E-state index contributed by atoms with van der Waals surface area (Å²) in [4.78, 5) is 44.5. The molecule has 0 bridgehead atoms. The monoisotopic (exact) mass is 522 g/mol. The van der Waals surface area contributed by atoms with E-state index in [1.54, 1.807) is 6.07 Å². The van der Waals surface area contributed by atoms with Crippen LogP contribution in [0.2, 0.25) is 0 Å². The maximum atomic E-state index is 13.5. The van der Waals surface area contributed by atoms with Gasteiger partial charge in [-0.15, -0.1) is 11.3 Å². The zero-order chi connectivity index (χ0) is 26.1. The standard InChI is InChI=1S/C26H30N6O4S/c1-3-21(34)28-19-13-20(37-25(19)31-12-11-27-22(35)14-31)24(36)30-26-29-18-6-4-5-15(2)23(18)32(26)16-7-9-17(33)10-8-16/h3-6,13,16-17,33H,1,7-12,14H2,2H3,(H,27,35)(H,28,34)(H,29,30,36)/t16-,17-. The van der Waals surface area contributed by atoms with Crippen molar-refractivity contribution in [1.29, 1.82) is 0 Å². The van der Waals surface area contributed by atoms with Crippen molar-refractivity contribution >= 4 is 56.7 Å². The summed E-state index contributed by atoms with van der Waals surface area (Å²) in [6.07, 6.45) is 3.86. The lowest BCUT2D eigenvalue weighted by molar-refractivity contribution is -0.120. The van der Waals surface area contributed by atoms with Crippen molar-refractivity contribution in [3.63, 3.8) is 0 Å². The molecule has 1 aromatic carbocycles. The molecule has 2 aliphatic rings. The van der Waals surface area contributed by atoms with Gasteiger partial charge in [0.25, 0.3) is 5.91 Å². The average molecular weight is 523 g/mol. The van der Waals surface area contributed by atoms with Crippen LogP contribution in [0.3, 0.4) is 0 Å². The highest BCUT2D eigenvalue weighted by molar-refractivity contribution is 7.18. The van der Waals surface area contributed by atoms with E-state index in [2.05, 4.69) is 27.1 Å². The fourth-order valence-electron chi connectivity index (χ4n) is 5.06. The van der Waals surface area contributed by atoms with Gasteiger partial charge in [0, 0.05) is 19.1 Å². The van der Waals surface area contributed by atoms with Gasteiger partial charge in [-0.05, 0) is 56.4 Å². The summed E-state index contributed by atoms with van der Waals surface area (Å²) in [5.41, 5.74) is 3.30. The first-order valence-corrected chi connectivity index (χ1v) is 13.2. The van der Waals surface area contributed by atoms with E-state index in [9.17, 15) is 19.5 Å². The predicted octanol–water partition coefficient (Wildman–Crippen LogP) is 3.20. The maximum absolute atomic E-state index is 13.5. The van der Waals surface area contributed by atoms with Gasteiger partial charge in [-0.3, -0.25) is 19.7 Å². The quantitative estimate of drug-likeness (QED) is 0.368. The fourth-order valence-corrected chi connectivity index (χ4v) is 6.09. The molecular formula is C26H30N6O4S. The van der Waals surface area contributed by atoms with E-state index in [0.717, 1.165) is 35.5 Å². The number of thiophene rings is 1. The van der Waals surface area contributed by atoms with Crippen LogP contribution < -0.4 is 20.9 Å². The van der Waals surface area contributed by atoms with E-state index in [4.69, 9.17) is 4.98 Å². The zero-order valence-electron chi connectivity index (χ0n) is 20.6. The van der Waals surface area contributed by atoms with Crippen molar-refractivity contribution in [3.8, 4) is 0 Å². The smallest absolute Gasteiger partial charge is 0.268 e. The molecule has 0 unspecified atom stereocenters. The van der Waals surface area contributed by atoms with Crippen LogP contribution in [0.25, 0.3) is 11.0 Å². The molecule has 0 radical (unpaired) electrons. The molecule has 1 saturated heterocycles. The van der Waals surface area contributed by atoms with Crippen molar-refractivity contribution in [2.75, 3.05) is 35.2 Å². The number of carbonyl (C=O) groups is 3. The molecule has 0 spiro atoms. The first-order chi connectivity index (χ1) is 17.8. The molecule has 194 valence electrons. The van der Waals surface area contributed by atoms with E-state index >= 15 is 0 Å². The van der Waals surface area contributed by atoms with Gasteiger partial charge >= 0.3 is 0 Å². The molecule has 3 aromatic rings. The number of hydrogen-bond acceptors (Lipinski definition) is 7. The van der Waals surface area contributed by atoms with Crippen LogP contribution >= 0.6 is 11.3 Å². The van der Waals surface area contributed by atoms with Crippen molar-refractivity contribution in [1.82, 2.24) is 14.9 Å². The van der Waals surface area contributed by atoms with Crippen LogP contribution in [0.5, 0.6) is 0 Å². The topological polar surface area (TPSA) is 129 Å². The van der Waals surface area contributed by atoms with Gasteiger partial charge in [0.1, 0.15) is 5.00 Å². The number of aliphatic hydroxyl groups is 1. The summed E-state index contributed by atoms with van der Waals surface area (Å²) in [6.45, 7) is 6.71. The largest absolute Gasteiger partial charge is 0.393 e. The predicted molar refractivity (Wildman–Crippen MR) is 144 cm³/mol. The third-order valence-corrected chi connectivity index (χ3v) is 8.07. The van der Waals surface area contributed by atoms with Crippen molar-refractivity contribution in [2.24, 2.45) is 0 Å². The summed E-state index contributed by atoms with van der Waals surface area (Å²) >= 11 is 1.21. The number of aliphatic hydroxyl groups excluding tert-OH is 1. The van der Waals surface area contributed by atoms with Gasteiger partial charge in [-0.1, -0.05) is 18.7 Å². The molecule has 37 heavy (non-hydrogen) atoms. The molecule has 11 heteroatoms. The molecule has 1 aliphatic heterocycles. The molecule has 5 rings (SSSR count). The van der Waals surface area contributed by atoms with Crippen LogP contribution in [-0.2, 0) is 9.59 Å². The number of rotatable bonds is 6. The van der Waals surface area contributed by atoms with Gasteiger partial charge in [-0.25, -0.2) is 4.98 Å². The van der Waals surface area contributed by atoms with Crippen LogP contribution in [0, 0.1) is 6.92 Å². The summed E-state index contributed by atoms with van der Waals surface area (Å²) in [6, 6.07) is 7.63. The number of fused-ring (bicyclic) bond motifs is 1. The molecule has 3 amide bonds. The second-order valence-electron chi connectivity index (χ2n) is 9.46. The summed E-state index contributed by atoms with van der Waals surface area (Å²) in [5.74, 6) is -0.408. The van der Waals surface area contributed by atoms with Crippen LogP contribution in [-0.4, -0.2) is 58.1 Å². The Labute approximate surface area is 218 Å². The Morgan fingerprint density at radius 3 is 2.76 bits per heavy atom. The van der Waals surface area contributed by atoms with Crippen molar-refractivity contribution < 1.29 is 19.5 Å². The minimum atomic E-state index is -0.399. The van der Waals surface area contributed by atoms with Gasteiger partial charge in [0.15, 0.2) is 0 Å². The summed E-state index contributed by atoms with van der Waals surface area (Å²) in [5, 5.41) is 19.2. The minimum Gasteiger partial charge on any atom is -0.393 e. The highest BCUT2D eigenvalue weighted by Gasteiger charge is 2.28. The van der Waals surface area contributed by atoms with Gasteiger partial charge in [0.2, 0.25) is 17.8 Å². The third-order valence-electron chi connectivity index (χ3n) is 6.87. The molecule has 2 fully saturated rings. The SMILES string of the molecule is C=CC(=O)Nc1cc(C(=O)Nc2nc3cccc(C)c3n2[C@H]2CC[C@H](O)CC2)sc1N1CCNC(=O)C1. The van der Waals surface area contributed by atoms with Crippen LogP contribution in [0.4, 0.5) is 16.6 Å². The molecule has 2 aromatic heterocycles. The van der Waals surface area contributed by atoms with E-state index < -0.39 is 5.91 Å². The Morgan fingerprint density at radius 1 is 1.24 bits per heavy atom. The average Bonchev–Trinajstić information content (AvgIpc) is 3.47. The number of amides is 3. The second kappa shape index (κ2) is 10.3. The third kappa shape index (κ3) is 5.09. The first-order valence-electron chi connectivity index (χ1n) is 12.4. The highest BCUT2D eigenvalue weighted by Crippen LogP contribution is 2.38. The normalized spacial score (nSPS) is 19.9. The number of nitrogens with one attached hydrogen (secondary N) is 3. The molecule has 4 N–H and O–H groups in total. The summed E-state index contributed by atoms with van der Waals surface area (Å²) in [7, 11) is 0. The fraction of sp³-hybridized carbons (Fsp3) is 0.385. The van der Waals surface area contributed by atoms with Gasteiger partial charge in [0.05, 0.1) is 34.2 Å². The second-order valence-corrected chi connectivity index (χ2v) is 10.5. The number of aromatic nitrogens is 2. The minimum absolute atomic E-state index is 0.109. The number of para-hydroxylation sites is 1. The Bertz CT molecular complexity index is 1370. The molecular weight excluding hydrogens is 492 g/mol. The number of nitrogens with zero attached hydrogens (tertiary/aromatic N) is 3. The van der Waals surface area contributed by atoms with Crippen molar-refractivity contribution in [2.45, 2.75) is 44.8 Å². The molecule has 0 atom stereocenters. The number of hydrogen-bond donors (Lipinski definition) is 4. The first kappa shape index (κ1) is 25.0. The lowest BCUT2D eigenvalue weighted by Crippen LogP contribution is -2.47. The molecule has 1 aliphatic carbocycles. The number of aryl methyl sites for hydroxylation is 1. The molecule has 3 heterocycles. The van der Waals surface area contributed by atoms with E-state index in [1.807, 2.05) is 30.0 Å². The van der Waals surface area contributed by atoms with Crippen molar-refractivity contribution in [3.05, 3.63) is 47.4 Å². The summed E-state index contributed by atoms with van der Waals surface area (Å²) < 4.78 is 2.10. The van der Waals surface area contributed by atoms with Crippen LogP contribution in [0.1, 0.15) is 47.0 Å². The Balaban J connectivity index is 1.48. The maximum Gasteiger partial charge on any atom is 0.268 e. The Hall–Kier alpha value is -3.70. The number of carbonyl (C=O) groups excluding carboxylic acids is 3. The number of benzene rings is 1. The van der Waals surface area contributed by atoms with E-state index in [-0.39, 0.29) is 30.5 Å². The number of anilines is 3. The Kier molecular flexibility index (Phi) is 6.98. The molecule has 1 saturated carbocycles. The zero-order valence-corrected chi connectivity index (χ0v) is 21.4. The van der Waals surface area contributed by atoms with Gasteiger partial charge in [-0.2, -0.15) is 0 Å². The lowest BCUT2D eigenvalue weighted by Gasteiger charge is -2.28. The lowest BCUT2D eigenvalue weighted by atomic mass is 9.92. The number of piperazine rings is 1. The van der Waals surface area contributed by atoms with E-state index in [0.29, 0.717) is 47.4 Å². The number of imidazole rings is 1. The van der Waals surface area contributed by atoms with Gasteiger partial charge < -0.3 is 25.2 Å². The molecule has 10 nitrogen and oxygen atoms in total. The van der Waals surface area contributed by atoms with Crippen LogP contribution in [0.15, 0.2) is 36.9 Å². The Morgan fingerprint density at radius 2 is 2.03 bits per heavy atom.